The van der Waals surface area contributed by atoms with E-state index in [1.165, 1.54) is 12.0 Å². The van der Waals surface area contributed by atoms with Crippen LogP contribution in [0.4, 0.5) is 0 Å². The van der Waals surface area contributed by atoms with Crippen molar-refractivity contribution in [3.05, 3.63) is 84.1 Å². The first-order valence-corrected chi connectivity index (χ1v) is 13.1. The van der Waals surface area contributed by atoms with Gasteiger partial charge in [-0.1, -0.05) is 60.7 Å². The molecule has 2 saturated heterocycles. The van der Waals surface area contributed by atoms with Crippen molar-refractivity contribution in [2.24, 2.45) is 5.92 Å². The van der Waals surface area contributed by atoms with Crippen molar-refractivity contribution in [3.8, 4) is 11.3 Å². The van der Waals surface area contributed by atoms with Crippen molar-refractivity contribution in [1.29, 1.82) is 0 Å². The molecule has 2 aliphatic heterocycles. The number of hydrogen-bond donors (Lipinski definition) is 0. The third kappa shape index (κ3) is 5.76. The summed E-state index contributed by atoms with van der Waals surface area (Å²) in [5.74, 6) is 0.335. The Balaban J connectivity index is 1.25. The van der Waals surface area contributed by atoms with Gasteiger partial charge in [-0.2, -0.15) is 5.10 Å². The Morgan fingerprint density at radius 3 is 2.19 bits per heavy atom. The molecule has 0 radical (unpaired) electrons. The Labute approximate surface area is 213 Å². The standard InChI is InChI=1S/C30H34N4O2/c35-28(32-20-16-26(17-21-32)30(36)33-18-8-3-9-19-33)15-14-27-23-34(22-24-10-4-1-5-11-24)31-29(27)25-12-6-2-7-13-25/h1-2,4-7,10-15,23,26H,3,8-9,16-22H2/b15-14+. The van der Waals surface area contributed by atoms with E-state index in [0.717, 1.165) is 55.6 Å². The maximum absolute atomic E-state index is 13.0. The lowest BCUT2D eigenvalue weighted by Crippen LogP contribution is -2.45. The van der Waals surface area contributed by atoms with Crippen molar-refractivity contribution < 1.29 is 9.59 Å². The molecular formula is C30H34N4O2. The fraction of sp³-hybridized carbons (Fsp3) is 0.367. The number of rotatable bonds is 6. The highest BCUT2D eigenvalue weighted by Gasteiger charge is 2.30. The lowest BCUT2D eigenvalue weighted by Gasteiger charge is -2.35. The molecule has 0 N–H and O–H groups in total. The maximum atomic E-state index is 13.0. The number of carbonyl (C=O) groups is 2. The van der Waals surface area contributed by atoms with Crippen LogP contribution in [0.2, 0.25) is 0 Å². The highest BCUT2D eigenvalue weighted by Crippen LogP contribution is 2.25. The van der Waals surface area contributed by atoms with E-state index >= 15 is 0 Å². The molecule has 186 valence electrons. The van der Waals surface area contributed by atoms with Crippen LogP contribution in [0, 0.1) is 5.92 Å². The van der Waals surface area contributed by atoms with Gasteiger partial charge in [0.15, 0.2) is 0 Å². The molecule has 0 bridgehead atoms. The summed E-state index contributed by atoms with van der Waals surface area (Å²) in [4.78, 5) is 29.8. The Bertz CT molecular complexity index is 1190. The average Bonchev–Trinajstić information content (AvgIpc) is 3.35. The van der Waals surface area contributed by atoms with Crippen LogP contribution in [0.1, 0.15) is 43.2 Å². The molecule has 3 aromatic rings. The third-order valence-corrected chi connectivity index (χ3v) is 7.25. The molecule has 1 aromatic heterocycles. The summed E-state index contributed by atoms with van der Waals surface area (Å²) in [6, 6.07) is 20.3. The third-order valence-electron chi connectivity index (χ3n) is 7.25. The van der Waals surface area contributed by atoms with Crippen LogP contribution in [-0.4, -0.2) is 57.6 Å². The van der Waals surface area contributed by atoms with Gasteiger partial charge in [0.1, 0.15) is 0 Å². The largest absolute Gasteiger partial charge is 0.342 e. The van der Waals surface area contributed by atoms with E-state index < -0.39 is 0 Å². The molecule has 2 amide bonds. The van der Waals surface area contributed by atoms with E-state index in [9.17, 15) is 9.59 Å². The number of amides is 2. The molecule has 0 atom stereocenters. The number of piperidine rings is 2. The monoisotopic (exact) mass is 482 g/mol. The predicted octanol–water partition coefficient (Wildman–Crippen LogP) is 4.86. The summed E-state index contributed by atoms with van der Waals surface area (Å²) < 4.78 is 1.93. The average molecular weight is 483 g/mol. The number of likely N-dealkylation sites (tertiary alicyclic amines) is 2. The van der Waals surface area contributed by atoms with Gasteiger partial charge in [-0.15, -0.1) is 0 Å². The molecule has 36 heavy (non-hydrogen) atoms. The van der Waals surface area contributed by atoms with Gasteiger partial charge in [-0.25, -0.2) is 0 Å². The highest BCUT2D eigenvalue weighted by molar-refractivity contribution is 5.93. The quantitative estimate of drug-likeness (QED) is 0.472. The summed E-state index contributed by atoms with van der Waals surface area (Å²) in [5.41, 5.74) is 3.98. The zero-order chi connectivity index (χ0) is 24.7. The van der Waals surface area contributed by atoms with Crippen molar-refractivity contribution in [3.63, 3.8) is 0 Å². The fourth-order valence-corrected chi connectivity index (χ4v) is 5.22. The van der Waals surface area contributed by atoms with Crippen LogP contribution in [0.3, 0.4) is 0 Å². The highest BCUT2D eigenvalue weighted by atomic mass is 16.2. The SMILES string of the molecule is O=C(/C=C/c1cn(Cc2ccccc2)nc1-c1ccccc1)N1CCC(C(=O)N2CCCCC2)CC1. The molecule has 5 rings (SSSR count). The second kappa shape index (κ2) is 11.4. The minimum Gasteiger partial charge on any atom is -0.342 e. The molecule has 6 heteroatoms. The van der Waals surface area contributed by atoms with E-state index in [1.807, 2.05) is 75.3 Å². The van der Waals surface area contributed by atoms with Crippen LogP contribution < -0.4 is 0 Å². The fourth-order valence-electron chi connectivity index (χ4n) is 5.22. The number of nitrogens with zero attached hydrogens (tertiary/aromatic N) is 4. The first-order valence-electron chi connectivity index (χ1n) is 13.1. The van der Waals surface area contributed by atoms with Crippen LogP contribution in [0.5, 0.6) is 0 Å². The lowest BCUT2D eigenvalue weighted by atomic mass is 9.94. The van der Waals surface area contributed by atoms with E-state index in [2.05, 4.69) is 12.1 Å². The van der Waals surface area contributed by atoms with Gasteiger partial charge in [0, 0.05) is 55.5 Å². The molecule has 2 fully saturated rings. The van der Waals surface area contributed by atoms with Crippen molar-refractivity contribution >= 4 is 17.9 Å². The van der Waals surface area contributed by atoms with Crippen molar-refractivity contribution in [1.82, 2.24) is 19.6 Å². The van der Waals surface area contributed by atoms with Gasteiger partial charge in [0.2, 0.25) is 11.8 Å². The van der Waals surface area contributed by atoms with Crippen molar-refractivity contribution in [2.45, 2.75) is 38.6 Å². The van der Waals surface area contributed by atoms with Gasteiger partial charge in [0.05, 0.1) is 12.2 Å². The summed E-state index contributed by atoms with van der Waals surface area (Å²) in [5, 5.41) is 4.84. The second-order valence-corrected chi connectivity index (χ2v) is 9.80. The van der Waals surface area contributed by atoms with Gasteiger partial charge < -0.3 is 9.80 Å². The molecule has 3 heterocycles. The summed E-state index contributed by atoms with van der Waals surface area (Å²) in [6.45, 7) is 3.71. The van der Waals surface area contributed by atoms with Crippen molar-refractivity contribution in [2.75, 3.05) is 26.2 Å². The van der Waals surface area contributed by atoms with Gasteiger partial charge in [-0.3, -0.25) is 14.3 Å². The van der Waals surface area contributed by atoms with E-state index in [0.29, 0.717) is 19.6 Å². The van der Waals surface area contributed by atoms with E-state index in [-0.39, 0.29) is 17.7 Å². The minimum absolute atomic E-state index is 0.00584. The number of carbonyl (C=O) groups excluding carboxylic acids is 2. The summed E-state index contributed by atoms with van der Waals surface area (Å²) in [6.07, 6.45) is 10.5. The first-order chi connectivity index (χ1) is 17.7. The number of aromatic nitrogens is 2. The van der Waals surface area contributed by atoms with Crippen LogP contribution in [-0.2, 0) is 16.1 Å². The zero-order valence-electron chi connectivity index (χ0n) is 20.8. The molecule has 2 aromatic carbocycles. The lowest BCUT2D eigenvalue weighted by molar-refractivity contribution is -0.140. The molecule has 0 saturated carbocycles. The molecule has 2 aliphatic rings. The topological polar surface area (TPSA) is 58.4 Å². The first kappa shape index (κ1) is 24.0. The molecular weight excluding hydrogens is 448 g/mol. The molecule has 6 nitrogen and oxygen atoms in total. The zero-order valence-corrected chi connectivity index (χ0v) is 20.8. The Morgan fingerprint density at radius 1 is 0.833 bits per heavy atom. The smallest absolute Gasteiger partial charge is 0.246 e. The maximum Gasteiger partial charge on any atom is 0.246 e. The molecule has 0 spiro atoms. The second-order valence-electron chi connectivity index (χ2n) is 9.80. The van der Waals surface area contributed by atoms with Gasteiger partial charge in [-0.05, 0) is 43.7 Å². The normalized spacial score (nSPS) is 17.0. The predicted molar refractivity (Wildman–Crippen MR) is 142 cm³/mol. The minimum atomic E-state index is -0.00584. The Morgan fingerprint density at radius 2 is 1.50 bits per heavy atom. The molecule has 0 unspecified atom stereocenters. The van der Waals surface area contributed by atoms with E-state index in [1.54, 1.807) is 6.08 Å². The number of hydrogen-bond acceptors (Lipinski definition) is 3. The summed E-state index contributed by atoms with van der Waals surface area (Å²) in [7, 11) is 0. The van der Waals surface area contributed by atoms with E-state index in [4.69, 9.17) is 5.10 Å². The Kier molecular flexibility index (Phi) is 7.60. The van der Waals surface area contributed by atoms with Gasteiger partial charge in [0.25, 0.3) is 0 Å². The molecule has 0 aliphatic carbocycles. The van der Waals surface area contributed by atoms with Crippen LogP contribution >= 0.6 is 0 Å². The Hall–Kier alpha value is -3.67. The van der Waals surface area contributed by atoms with Gasteiger partial charge >= 0.3 is 0 Å². The summed E-state index contributed by atoms with van der Waals surface area (Å²) >= 11 is 0. The van der Waals surface area contributed by atoms with Crippen LogP contribution in [0.15, 0.2) is 72.9 Å². The number of benzene rings is 2. The van der Waals surface area contributed by atoms with Crippen LogP contribution in [0.25, 0.3) is 17.3 Å².